The third kappa shape index (κ3) is 2.32. The smallest absolute Gasteiger partial charge is 0.157 e. The lowest BCUT2D eigenvalue weighted by Crippen LogP contribution is -2.34. The second-order valence-electron chi connectivity index (χ2n) is 7.60. The standard InChI is InChI=1S/C25H20O4/c26-21-11-9-15(13-23(21)28)25(16-10-12-22(27)24(29)14-16)19-7-3-1-5-17(19)18-6-2-4-8-20(18)25/h1-7,9-14,20,26-29H,8H2. The van der Waals surface area contributed by atoms with Crippen molar-refractivity contribution in [3.05, 3.63) is 101 Å². The molecule has 0 radical (unpaired) electrons. The molecule has 3 aromatic rings. The molecule has 4 heteroatoms. The number of benzene rings is 3. The predicted octanol–water partition coefficient (Wildman–Crippen LogP) is 4.82. The van der Waals surface area contributed by atoms with Crippen molar-refractivity contribution in [2.24, 2.45) is 5.92 Å². The van der Waals surface area contributed by atoms with Gasteiger partial charge in [0.2, 0.25) is 0 Å². The number of fused-ring (bicyclic) bond motifs is 3. The maximum atomic E-state index is 10.3. The van der Waals surface area contributed by atoms with E-state index >= 15 is 0 Å². The van der Waals surface area contributed by atoms with Crippen LogP contribution in [0.4, 0.5) is 0 Å². The zero-order valence-electron chi connectivity index (χ0n) is 15.6. The van der Waals surface area contributed by atoms with Crippen molar-refractivity contribution in [3.8, 4) is 23.0 Å². The van der Waals surface area contributed by atoms with Crippen LogP contribution in [0.3, 0.4) is 0 Å². The molecule has 0 bridgehead atoms. The summed E-state index contributed by atoms with van der Waals surface area (Å²) in [5.74, 6) is -0.693. The first kappa shape index (κ1) is 17.4. The highest BCUT2D eigenvalue weighted by atomic mass is 16.3. The van der Waals surface area contributed by atoms with Crippen LogP contribution in [0.15, 0.2) is 78.9 Å². The molecule has 29 heavy (non-hydrogen) atoms. The lowest BCUT2D eigenvalue weighted by atomic mass is 9.63. The van der Waals surface area contributed by atoms with Crippen molar-refractivity contribution in [1.82, 2.24) is 0 Å². The Balaban J connectivity index is 1.91. The highest BCUT2D eigenvalue weighted by Gasteiger charge is 2.51. The molecule has 0 saturated carbocycles. The van der Waals surface area contributed by atoms with Gasteiger partial charge in [0.15, 0.2) is 23.0 Å². The molecule has 2 aliphatic carbocycles. The summed E-state index contributed by atoms with van der Waals surface area (Å²) in [5.41, 5.74) is 4.33. The summed E-state index contributed by atoms with van der Waals surface area (Å²) in [6, 6.07) is 18.0. The van der Waals surface area contributed by atoms with Crippen LogP contribution < -0.4 is 0 Å². The van der Waals surface area contributed by atoms with Crippen LogP contribution in [0.2, 0.25) is 0 Å². The largest absolute Gasteiger partial charge is 0.504 e. The number of phenols is 4. The zero-order valence-corrected chi connectivity index (χ0v) is 15.6. The van der Waals surface area contributed by atoms with Crippen molar-refractivity contribution < 1.29 is 20.4 Å². The van der Waals surface area contributed by atoms with E-state index in [2.05, 4.69) is 30.4 Å². The minimum absolute atomic E-state index is 0.0396. The fraction of sp³-hybridized carbons (Fsp3) is 0.120. The summed E-state index contributed by atoms with van der Waals surface area (Å²) < 4.78 is 0. The van der Waals surface area contributed by atoms with E-state index in [0.717, 1.165) is 28.7 Å². The Labute approximate surface area is 168 Å². The van der Waals surface area contributed by atoms with Crippen molar-refractivity contribution in [1.29, 1.82) is 0 Å². The lowest BCUT2D eigenvalue weighted by molar-refractivity contribution is 0.396. The summed E-state index contributed by atoms with van der Waals surface area (Å²) >= 11 is 0. The van der Waals surface area contributed by atoms with Crippen LogP contribution in [0, 0.1) is 5.92 Å². The fourth-order valence-corrected chi connectivity index (χ4v) is 5.00. The van der Waals surface area contributed by atoms with Crippen molar-refractivity contribution in [2.45, 2.75) is 11.8 Å². The maximum absolute atomic E-state index is 10.3. The lowest BCUT2D eigenvalue weighted by Gasteiger charge is -2.39. The molecule has 144 valence electrons. The molecule has 4 N–H and O–H groups in total. The Morgan fingerprint density at radius 2 is 1.34 bits per heavy atom. The molecule has 1 atom stereocenters. The monoisotopic (exact) mass is 384 g/mol. The van der Waals surface area contributed by atoms with Gasteiger partial charge in [0, 0.05) is 5.92 Å². The minimum atomic E-state index is -0.691. The Hall–Kier alpha value is -3.66. The molecule has 5 rings (SSSR count). The molecule has 3 aromatic carbocycles. The van der Waals surface area contributed by atoms with Gasteiger partial charge in [0.25, 0.3) is 0 Å². The second kappa shape index (κ2) is 6.17. The van der Waals surface area contributed by atoms with Crippen LogP contribution in [-0.2, 0) is 5.41 Å². The van der Waals surface area contributed by atoms with Crippen LogP contribution in [0.5, 0.6) is 23.0 Å². The third-order valence-electron chi connectivity index (χ3n) is 6.21. The van der Waals surface area contributed by atoms with E-state index in [-0.39, 0.29) is 28.9 Å². The van der Waals surface area contributed by atoms with E-state index in [0.29, 0.717) is 0 Å². The molecular weight excluding hydrogens is 364 g/mol. The summed E-state index contributed by atoms with van der Waals surface area (Å²) in [4.78, 5) is 0. The Bertz CT molecular complexity index is 1140. The Morgan fingerprint density at radius 3 is 1.97 bits per heavy atom. The van der Waals surface area contributed by atoms with E-state index in [1.165, 1.54) is 17.7 Å². The van der Waals surface area contributed by atoms with Gasteiger partial charge in [-0.1, -0.05) is 54.6 Å². The molecule has 0 heterocycles. The van der Waals surface area contributed by atoms with E-state index in [1.54, 1.807) is 12.1 Å². The average molecular weight is 384 g/mol. The first-order valence-corrected chi connectivity index (χ1v) is 9.55. The number of rotatable bonds is 2. The van der Waals surface area contributed by atoms with Crippen molar-refractivity contribution in [3.63, 3.8) is 0 Å². The molecule has 1 unspecified atom stereocenters. The average Bonchev–Trinajstić information content (AvgIpc) is 3.04. The van der Waals surface area contributed by atoms with Crippen molar-refractivity contribution >= 4 is 5.57 Å². The topological polar surface area (TPSA) is 80.9 Å². The van der Waals surface area contributed by atoms with Crippen LogP contribution in [0.25, 0.3) is 5.57 Å². The van der Waals surface area contributed by atoms with Gasteiger partial charge in [-0.3, -0.25) is 0 Å². The number of phenolic OH excluding ortho intramolecular Hbond substituents is 4. The van der Waals surface area contributed by atoms with Gasteiger partial charge < -0.3 is 20.4 Å². The maximum Gasteiger partial charge on any atom is 0.157 e. The van der Waals surface area contributed by atoms with Crippen LogP contribution in [-0.4, -0.2) is 20.4 Å². The van der Waals surface area contributed by atoms with E-state index < -0.39 is 5.41 Å². The number of allylic oxidation sites excluding steroid dienone is 4. The summed E-state index contributed by atoms with van der Waals surface area (Å²) in [7, 11) is 0. The summed E-state index contributed by atoms with van der Waals surface area (Å²) in [6.07, 6.45) is 7.08. The molecule has 0 aliphatic heterocycles. The fourth-order valence-electron chi connectivity index (χ4n) is 5.00. The Morgan fingerprint density at radius 1 is 0.724 bits per heavy atom. The van der Waals surface area contributed by atoms with Crippen LogP contribution >= 0.6 is 0 Å². The van der Waals surface area contributed by atoms with Crippen molar-refractivity contribution in [2.75, 3.05) is 0 Å². The molecule has 0 spiro atoms. The van der Waals surface area contributed by atoms with Gasteiger partial charge in [-0.25, -0.2) is 0 Å². The quantitative estimate of drug-likeness (QED) is 0.478. The van der Waals surface area contributed by atoms with Gasteiger partial charge in [0.1, 0.15) is 0 Å². The number of hydrogen-bond acceptors (Lipinski definition) is 4. The molecule has 2 aliphatic rings. The van der Waals surface area contributed by atoms with E-state index in [1.807, 2.05) is 24.3 Å². The van der Waals surface area contributed by atoms with Gasteiger partial charge in [-0.2, -0.15) is 0 Å². The Kier molecular flexibility index (Phi) is 3.71. The molecule has 0 amide bonds. The van der Waals surface area contributed by atoms with Gasteiger partial charge >= 0.3 is 0 Å². The highest BCUT2D eigenvalue weighted by Crippen LogP contribution is 2.60. The van der Waals surface area contributed by atoms with Crippen LogP contribution in [0.1, 0.15) is 28.7 Å². The first-order chi connectivity index (χ1) is 14.0. The SMILES string of the molecule is Oc1ccc(C2(c3ccc(O)c(O)c3)c3ccccc3C3=CC=CCC32)cc1O. The molecule has 4 nitrogen and oxygen atoms in total. The van der Waals surface area contributed by atoms with Gasteiger partial charge in [-0.15, -0.1) is 0 Å². The molecular formula is C25H20O4. The van der Waals surface area contributed by atoms with E-state index in [4.69, 9.17) is 0 Å². The second-order valence-corrected chi connectivity index (χ2v) is 7.60. The first-order valence-electron chi connectivity index (χ1n) is 9.55. The molecule has 0 saturated heterocycles. The zero-order chi connectivity index (χ0) is 20.2. The molecule has 0 aromatic heterocycles. The minimum Gasteiger partial charge on any atom is -0.504 e. The highest BCUT2D eigenvalue weighted by molar-refractivity contribution is 5.84. The third-order valence-corrected chi connectivity index (χ3v) is 6.21. The normalized spacial score (nSPS) is 18.8. The number of aromatic hydroxyl groups is 4. The van der Waals surface area contributed by atoms with Gasteiger partial charge in [0.05, 0.1) is 5.41 Å². The number of hydrogen-bond donors (Lipinski definition) is 4. The summed E-state index contributed by atoms with van der Waals surface area (Å²) in [5, 5.41) is 40.4. The van der Waals surface area contributed by atoms with Gasteiger partial charge in [-0.05, 0) is 58.5 Å². The summed E-state index contributed by atoms with van der Waals surface area (Å²) in [6.45, 7) is 0. The predicted molar refractivity (Wildman–Crippen MR) is 111 cm³/mol. The molecule has 0 fully saturated rings. The van der Waals surface area contributed by atoms with E-state index in [9.17, 15) is 20.4 Å².